The Labute approximate surface area is 129 Å². The van der Waals surface area contributed by atoms with Crippen LogP contribution in [0.1, 0.15) is 18.1 Å². The number of primary amides is 1. The molecule has 0 saturated carbocycles. The smallest absolute Gasteiger partial charge is 0.234 e. The number of nitrogens with one attached hydrogen (secondary N) is 1. The maximum absolute atomic E-state index is 13.5. The second-order valence-electron chi connectivity index (χ2n) is 5.03. The summed E-state index contributed by atoms with van der Waals surface area (Å²) in [5.41, 5.74) is 6.66. The molecule has 2 rings (SSSR count). The lowest BCUT2D eigenvalue weighted by Crippen LogP contribution is -2.38. The Morgan fingerprint density at radius 2 is 2.05 bits per heavy atom. The van der Waals surface area contributed by atoms with Crippen molar-refractivity contribution < 1.29 is 13.9 Å². The van der Waals surface area contributed by atoms with Crippen LogP contribution in [0, 0.1) is 5.82 Å². The number of rotatable bonds is 7. The first kappa shape index (κ1) is 16.0. The fourth-order valence-corrected chi connectivity index (χ4v) is 1.89. The zero-order chi connectivity index (χ0) is 15.9. The van der Waals surface area contributed by atoms with Crippen LogP contribution >= 0.6 is 0 Å². The van der Waals surface area contributed by atoms with Gasteiger partial charge in [-0.05, 0) is 30.7 Å². The highest BCUT2D eigenvalue weighted by Crippen LogP contribution is 2.16. The predicted molar refractivity (Wildman–Crippen MR) is 82.7 cm³/mol. The number of carbonyl (C=O) groups excluding carboxylic acids is 1. The van der Waals surface area contributed by atoms with Crippen LogP contribution in [0.4, 0.5) is 4.39 Å². The summed E-state index contributed by atoms with van der Waals surface area (Å²) in [4.78, 5) is 11.0. The van der Waals surface area contributed by atoms with E-state index in [0.29, 0.717) is 17.9 Å². The Bertz CT molecular complexity index is 646. The van der Waals surface area contributed by atoms with Crippen molar-refractivity contribution in [1.29, 1.82) is 0 Å². The third kappa shape index (κ3) is 4.56. The minimum absolute atomic E-state index is 0.168. The van der Waals surface area contributed by atoms with Crippen LogP contribution in [0.25, 0.3) is 0 Å². The first-order valence-electron chi connectivity index (χ1n) is 7.04. The zero-order valence-corrected chi connectivity index (χ0v) is 12.4. The molecule has 22 heavy (non-hydrogen) atoms. The summed E-state index contributed by atoms with van der Waals surface area (Å²) in [6.45, 7) is 2.38. The maximum Gasteiger partial charge on any atom is 0.234 e. The van der Waals surface area contributed by atoms with Gasteiger partial charge in [0.1, 0.15) is 18.2 Å². The number of benzene rings is 2. The molecule has 0 aliphatic heterocycles. The van der Waals surface area contributed by atoms with E-state index in [4.69, 9.17) is 10.5 Å². The van der Waals surface area contributed by atoms with E-state index in [1.807, 2.05) is 24.3 Å². The SMILES string of the molecule is C[C@@H](NCc1cccc(OCc2ccccc2F)c1)C(N)=O. The van der Waals surface area contributed by atoms with Crippen molar-refractivity contribution in [3.05, 3.63) is 65.5 Å². The molecule has 0 unspecified atom stereocenters. The van der Waals surface area contributed by atoms with Gasteiger partial charge in [-0.15, -0.1) is 0 Å². The Morgan fingerprint density at radius 3 is 2.77 bits per heavy atom. The van der Waals surface area contributed by atoms with Crippen LogP contribution in [0.15, 0.2) is 48.5 Å². The average Bonchev–Trinajstić information content (AvgIpc) is 2.52. The Kier molecular flexibility index (Phi) is 5.49. The highest BCUT2D eigenvalue weighted by atomic mass is 19.1. The molecule has 5 heteroatoms. The van der Waals surface area contributed by atoms with Gasteiger partial charge in [0.2, 0.25) is 5.91 Å². The van der Waals surface area contributed by atoms with E-state index in [1.54, 1.807) is 25.1 Å². The molecule has 0 aliphatic rings. The molecular formula is C17H19FN2O2. The van der Waals surface area contributed by atoms with E-state index in [2.05, 4.69) is 5.32 Å². The van der Waals surface area contributed by atoms with Crippen LogP contribution in [0.2, 0.25) is 0 Å². The molecule has 116 valence electrons. The molecule has 0 spiro atoms. The lowest BCUT2D eigenvalue weighted by molar-refractivity contribution is -0.119. The minimum atomic E-state index is -0.400. The zero-order valence-electron chi connectivity index (χ0n) is 12.4. The second kappa shape index (κ2) is 7.56. The quantitative estimate of drug-likeness (QED) is 0.825. The van der Waals surface area contributed by atoms with E-state index < -0.39 is 11.9 Å². The van der Waals surface area contributed by atoms with Crippen molar-refractivity contribution in [2.45, 2.75) is 26.1 Å². The van der Waals surface area contributed by atoms with Crippen molar-refractivity contribution in [3.8, 4) is 5.75 Å². The molecule has 1 atom stereocenters. The lowest BCUT2D eigenvalue weighted by atomic mass is 10.2. The average molecular weight is 302 g/mol. The summed E-state index contributed by atoms with van der Waals surface area (Å²) in [5, 5.41) is 3.02. The van der Waals surface area contributed by atoms with E-state index in [0.717, 1.165) is 5.56 Å². The van der Waals surface area contributed by atoms with Gasteiger partial charge in [0.25, 0.3) is 0 Å². The summed E-state index contributed by atoms with van der Waals surface area (Å²) in [5.74, 6) is -0.0307. The predicted octanol–water partition coefficient (Wildman–Crippen LogP) is 2.37. The van der Waals surface area contributed by atoms with Crippen LogP contribution < -0.4 is 15.8 Å². The molecule has 2 aromatic rings. The molecule has 2 aromatic carbocycles. The third-order valence-corrected chi connectivity index (χ3v) is 3.29. The Hall–Kier alpha value is -2.40. The maximum atomic E-state index is 13.5. The third-order valence-electron chi connectivity index (χ3n) is 3.29. The number of nitrogens with two attached hydrogens (primary N) is 1. The summed E-state index contributed by atoms with van der Waals surface area (Å²) >= 11 is 0. The normalized spacial score (nSPS) is 11.9. The molecule has 0 radical (unpaired) electrons. The van der Waals surface area contributed by atoms with Crippen LogP contribution in [0.3, 0.4) is 0 Å². The molecule has 0 saturated heterocycles. The van der Waals surface area contributed by atoms with E-state index >= 15 is 0 Å². The van der Waals surface area contributed by atoms with Crippen molar-refractivity contribution in [1.82, 2.24) is 5.32 Å². The number of amides is 1. The van der Waals surface area contributed by atoms with Crippen molar-refractivity contribution >= 4 is 5.91 Å². The summed E-state index contributed by atoms with van der Waals surface area (Å²) < 4.78 is 19.1. The molecule has 1 amide bonds. The minimum Gasteiger partial charge on any atom is -0.489 e. The molecule has 0 heterocycles. The van der Waals surface area contributed by atoms with Crippen LogP contribution in [-0.2, 0) is 17.9 Å². The van der Waals surface area contributed by atoms with Gasteiger partial charge < -0.3 is 15.8 Å². The van der Waals surface area contributed by atoms with Gasteiger partial charge in [-0.1, -0.05) is 30.3 Å². The first-order valence-corrected chi connectivity index (χ1v) is 7.04. The number of halogens is 1. The van der Waals surface area contributed by atoms with E-state index in [-0.39, 0.29) is 12.4 Å². The van der Waals surface area contributed by atoms with E-state index in [9.17, 15) is 9.18 Å². The summed E-state index contributed by atoms with van der Waals surface area (Å²) in [6.07, 6.45) is 0. The van der Waals surface area contributed by atoms with Crippen molar-refractivity contribution in [2.24, 2.45) is 5.73 Å². The first-order chi connectivity index (χ1) is 10.6. The van der Waals surface area contributed by atoms with Gasteiger partial charge in [0, 0.05) is 12.1 Å². The molecule has 0 aromatic heterocycles. The van der Waals surface area contributed by atoms with Gasteiger partial charge in [0.15, 0.2) is 0 Å². The van der Waals surface area contributed by atoms with Gasteiger partial charge in [-0.3, -0.25) is 4.79 Å². The topological polar surface area (TPSA) is 64.3 Å². The number of carbonyl (C=O) groups is 1. The van der Waals surface area contributed by atoms with Crippen molar-refractivity contribution in [3.63, 3.8) is 0 Å². The van der Waals surface area contributed by atoms with Gasteiger partial charge in [-0.2, -0.15) is 0 Å². The van der Waals surface area contributed by atoms with Gasteiger partial charge in [0.05, 0.1) is 6.04 Å². The van der Waals surface area contributed by atoms with E-state index in [1.165, 1.54) is 6.07 Å². The highest BCUT2D eigenvalue weighted by molar-refractivity contribution is 5.79. The summed E-state index contributed by atoms with van der Waals surface area (Å²) in [6, 6.07) is 13.5. The molecular weight excluding hydrogens is 283 g/mol. The second-order valence-corrected chi connectivity index (χ2v) is 5.03. The van der Waals surface area contributed by atoms with Gasteiger partial charge >= 0.3 is 0 Å². The molecule has 0 aliphatic carbocycles. The highest BCUT2D eigenvalue weighted by Gasteiger charge is 2.07. The number of ether oxygens (including phenoxy) is 1. The molecule has 3 N–H and O–H groups in total. The van der Waals surface area contributed by atoms with Crippen LogP contribution in [0.5, 0.6) is 5.75 Å². The monoisotopic (exact) mass is 302 g/mol. The Balaban J connectivity index is 1.94. The molecule has 0 fully saturated rings. The molecule has 4 nitrogen and oxygen atoms in total. The number of hydrogen-bond acceptors (Lipinski definition) is 3. The molecule has 0 bridgehead atoms. The fraction of sp³-hybridized carbons (Fsp3) is 0.235. The van der Waals surface area contributed by atoms with Gasteiger partial charge in [-0.25, -0.2) is 4.39 Å². The standard InChI is InChI=1S/C17H19FN2O2/c1-12(17(19)21)20-10-13-5-4-7-15(9-13)22-11-14-6-2-3-8-16(14)18/h2-9,12,20H,10-11H2,1H3,(H2,19,21)/t12-/m1/s1. The van der Waals surface area contributed by atoms with Crippen LogP contribution in [-0.4, -0.2) is 11.9 Å². The fourth-order valence-electron chi connectivity index (χ4n) is 1.89. The number of hydrogen-bond donors (Lipinski definition) is 2. The van der Waals surface area contributed by atoms with Crippen molar-refractivity contribution in [2.75, 3.05) is 0 Å². The Morgan fingerprint density at radius 1 is 1.27 bits per heavy atom. The lowest BCUT2D eigenvalue weighted by Gasteiger charge is -2.12. The summed E-state index contributed by atoms with van der Waals surface area (Å²) in [7, 11) is 0. The largest absolute Gasteiger partial charge is 0.489 e.